The smallest absolute Gasteiger partial charge is 0.0653 e. The molecule has 0 fully saturated rings. The van der Waals surface area contributed by atoms with Crippen molar-refractivity contribution in [3.05, 3.63) is 48.3 Å². The molecule has 0 saturated carbocycles. The van der Waals surface area contributed by atoms with E-state index >= 15 is 0 Å². The van der Waals surface area contributed by atoms with E-state index in [0.29, 0.717) is 0 Å². The summed E-state index contributed by atoms with van der Waals surface area (Å²) < 4.78 is 0. The molecule has 3 heteroatoms. The third-order valence-corrected chi connectivity index (χ3v) is 3.11. The molecule has 17 heavy (non-hydrogen) atoms. The number of aromatic nitrogens is 3. The second kappa shape index (κ2) is 3.63. The van der Waals surface area contributed by atoms with Gasteiger partial charge in [0.1, 0.15) is 0 Å². The van der Waals surface area contributed by atoms with Gasteiger partial charge in [-0.15, -0.1) is 0 Å². The molecule has 0 amide bonds. The third-order valence-electron chi connectivity index (χ3n) is 3.11. The highest BCUT2D eigenvalue weighted by molar-refractivity contribution is 5.88. The first-order valence-electron chi connectivity index (χ1n) is 5.54. The van der Waals surface area contributed by atoms with Crippen molar-refractivity contribution < 1.29 is 0 Å². The molecule has 2 N–H and O–H groups in total. The summed E-state index contributed by atoms with van der Waals surface area (Å²) in [7, 11) is 0. The molecule has 0 atom stereocenters. The number of fused-ring (bicyclic) bond motifs is 1. The Bertz CT molecular complexity index is 688. The first-order chi connectivity index (χ1) is 8.29. The summed E-state index contributed by atoms with van der Waals surface area (Å²) >= 11 is 0. The van der Waals surface area contributed by atoms with Crippen molar-refractivity contribution >= 4 is 17.0 Å². The maximum Gasteiger partial charge on any atom is 0.0653 e. The van der Waals surface area contributed by atoms with Crippen LogP contribution in [-0.4, -0.2) is 15.2 Å². The number of aryl methyl sites for hydroxylation is 1. The van der Waals surface area contributed by atoms with Crippen molar-refractivity contribution in [1.82, 2.24) is 15.2 Å². The van der Waals surface area contributed by atoms with E-state index in [1.165, 1.54) is 11.1 Å². The lowest BCUT2D eigenvalue weighted by Crippen LogP contribution is -1.84. The lowest BCUT2D eigenvalue weighted by molar-refractivity contribution is 1.12. The summed E-state index contributed by atoms with van der Waals surface area (Å²) in [6.07, 6.45) is 3.68. The fraction of sp³-hybridized carbons (Fsp3) is 0.0714. The molecule has 0 spiro atoms. The largest absolute Gasteiger partial charge is 0.355 e. The Morgan fingerprint density at radius 2 is 2.12 bits per heavy atom. The number of nitrogens with zero attached hydrogens (tertiary/aromatic N) is 1. The van der Waals surface area contributed by atoms with Crippen LogP contribution in [0.1, 0.15) is 11.3 Å². The zero-order valence-electron chi connectivity index (χ0n) is 9.62. The standard InChI is InChI=1S/C14H13N3/c1-3-10-4-6-13(16-10)11-5-7-14-12(9(11)2)8-15-17-14/h3-8,16H,1H2,2H3,(H,15,17). The van der Waals surface area contributed by atoms with Crippen LogP contribution in [0, 0.1) is 6.92 Å². The van der Waals surface area contributed by atoms with E-state index in [2.05, 4.69) is 46.9 Å². The fourth-order valence-electron chi connectivity index (χ4n) is 2.14. The third kappa shape index (κ3) is 1.47. The summed E-state index contributed by atoms with van der Waals surface area (Å²) in [6.45, 7) is 5.87. The van der Waals surface area contributed by atoms with Gasteiger partial charge < -0.3 is 4.98 Å². The van der Waals surface area contributed by atoms with Gasteiger partial charge in [0.2, 0.25) is 0 Å². The van der Waals surface area contributed by atoms with Gasteiger partial charge >= 0.3 is 0 Å². The van der Waals surface area contributed by atoms with Gasteiger partial charge in [-0.2, -0.15) is 5.10 Å². The number of hydrogen-bond acceptors (Lipinski definition) is 1. The highest BCUT2D eigenvalue weighted by Crippen LogP contribution is 2.28. The summed E-state index contributed by atoms with van der Waals surface area (Å²) in [4.78, 5) is 3.33. The van der Waals surface area contributed by atoms with Crippen LogP contribution in [0.2, 0.25) is 0 Å². The number of benzene rings is 1. The topological polar surface area (TPSA) is 44.5 Å². The quantitative estimate of drug-likeness (QED) is 0.686. The zero-order valence-corrected chi connectivity index (χ0v) is 9.62. The van der Waals surface area contributed by atoms with Gasteiger partial charge in [-0.25, -0.2) is 0 Å². The Labute approximate surface area is 99.2 Å². The molecule has 0 aliphatic rings. The number of aromatic amines is 2. The van der Waals surface area contributed by atoms with E-state index in [1.54, 1.807) is 0 Å². The molecule has 2 aromatic heterocycles. The van der Waals surface area contributed by atoms with E-state index in [4.69, 9.17) is 0 Å². The zero-order chi connectivity index (χ0) is 11.8. The molecule has 2 heterocycles. The van der Waals surface area contributed by atoms with Gasteiger partial charge in [0, 0.05) is 22.3 Å². The van der Waals surface area contributed by atoms with E-state index in [9.17, 15) is 0 Å². The van der Waals surface area contributed by atoms with E-state index in [0.717, 1.165) is 22.3 Å². The molecule has 0 bridgehead atoms. The Hall–Kier alpha value is -2.29. The lowest BCUT2D eigenvalue weighted by atomic mass is 10.0. The van der Waals surface area contributed by atoms with Gasteiger partial charge in [-0.1, -0.05) is 12.6 Å². The van der Waals surface area contributed by atoms with Crippen LogP contribution in [0.25, 0.3) is 28.2 Å². The molecule has 0 aliphatic carbocycles. The molecule has 1 aromatic carbocycles. The first-order valence-corrected chi connectivity index (χ1v) is 5.54. The van der Waals surface area contributed by atoms with Gasteiger partial charge in [0.15, 0.2) is 0 Å². The van der Waals surface area contributed by atoms with Crippen molar-refractivity contribution in [2.24, 2.45) is 0 Å². The predicted octanol–water partition coefficient (Wildman–Crippen LogP) is 3.51. The van der Waals surface area contributed by atoms with E-state index in [1.807, 2.05) is 18.3 Å². The molecule has 0 unspecified atom stereocenters. The molecule has 0 saturated heterocycles. The number of nitrogens with one attached hydrogen (secondary N) is 2. The highest BCUT2D eigenvalue weighted by atomic mass is 15.1. The molecular weight excluding hydrogens is 210 g/mol. The molecule has 0 aliphatic heterocycles. The molecule has 3 rings (SSSR count). The first kappa shape index (κ1) is 9.90. The van der Waals surface area contributed by atoms with Crippen LogP contribution in [0.15, 0.2) is 37.0 Å². The van der Waals surface area contributed by atoms with Crippen LogP contribution >= 0.6 is 0 Å². The molecule has 0 radical (unpaired) electrons. The predicted molar refractivity (Wildman–Crippen MR) is 70.7 cm³/mol. The van der Waals surface area contributed by atoms with Crippen molar-refractivity contribution in [3.63, 3.8) is 0 Å². The number of hydrogen-bond donors (Lipinski definition) is 2. The molecular formula is C14H13N3. The number of H-pyrrole nitrogens is 2. The Kier molecular flexibility index (Phi) is 2.11. The van der Waals surface area contributed by atoms with Gasteiger partial charge in [-0.3, -0.25) is 5.10 Å². The van der Waals surface area contributed by atoms with E-state index in [-0.39, 0.29) is 0 Å². The fourth-order valence-corrected chi connectivity index (χ4v) is 2.14. The van der Waals surface area contributed by atoms with Crippen LogP contribution in [-0.2, 0) is 0 Å². The van der Waals surface area contributed by atoms with Crippen molar-refractivity contribution in [3.8, 4) is 11.3 Å². The SMILES string of the molecule is C=Cc1ccc(-c2ccc3[nH]ncc3c2C)[nH]1. The summed E-state index contributed by atoms with van der Waals surface area (Å²) in [6, 6.07) is 8.26. The Morgan fingerprint density at radius 3 is 2.88 bits per heavy atom. The summed E-state index contributed by atoms with van der Waals surface area (Å²) in [5.41, 5.74) is 5.65. The molecule has 3 nitrogen and oxygen atoms in total. The van der Waals surface area contributed by atoms with Crippen LogP contribution in [0.5, 0.6) is 0 Å². The maximum absolute atomic E-state index is 4.07. The van der Waals surface area contributed by atoms with Gasteiger partial charge in [-0.05, 0) is 36.8 Å². The average molecular weight is 223 g/mol. The lowest BCUT2D eigenvalue weighted by Gasteiger charge is -2.04. The molecule has 84 valence electrons. The molecule has 3 aromatic rings. The van der Waals surface area contributed by atoms with Gasteiger partial charge in [0.05, 0.1) is 11.7 Å². The maximum atomic E-state index is 4.07. The minimum Gasteiger partial charge on any atom is -0.355 e. The van der Waals surface area contributed by atoms with Crippen molar-refractivity contribution in [1.29, 1.82) is 0 Å². The highest BCUT2D eigenvalue weighted by Gasteiger charge is 2.08. The average Bonchev–Trinajstić information content (AvgIpc) is 2.97. The second-order valence-corrected chi connectivity index (χ2v) is 4.10. The van der Waals surface area contributed by atoms with Crippen LogP contribution in [0.4, 0.5) is 0 Å². The summed E-state index contributed by atoms with van der Waals surface area (Å²) in [5.74, 6) is 0. The van der Waals surface area contributed by atoms with E-state index < -0.39 is 0 Å². The number of rotatable bonds is 2. The minimum atomic E-state index is 1.03. The minimum absolute atomic E-state index is 1.03. The van der Waals surface area contributed by atoms with Crippen LogP contribution < -0.4 is 0 Å². The Balaban J connectivity index is 2.22. The van der Waals surface area contributed by atoms with Gasteiger partial charge in [0.25, 0.3) is 0 Å². The summed E-state index contributed by atoms with van der Waals surface area (Å²) in [5, 5.41) is 8.21. The van der Waals surface area contributed by atoms with Crippen molar-refractivity contribution in [2.45, 2.75) is 6.92 Å². The van der Waals surface area contributed by atoms with Crippen LogP contribution in [0.3, 0.4) is 0 Å². The Morgan fingerprint density at radius 1 is 1.24 bits per heavy atom. The monoisotopic (exact) mass is 223 g/mol. The van der Waals surface area contributed by atoms with Crippen molar-refractivity contribution in [2.75, 3.05) is 0 Å². The normalized spacial score (nSPS) is 10.9. The second-order valence-electron chi connectivity index (χ2n) is 4.10.